The fraction of sp³-hybridized carbons (Fsp3) is 0.188. The van der Waals surface area contributed by atoms with Crippen LogP contribution in [0.5, 0.6) is 0 Å². The number of aromatic nitrogens is 2. The number of nitrogens with zero attached hydrogens (tertiary/aromatic N) is 2. The van der Waals surface area contributed by atoms with Gasteiger partial charge in [-0.15, -0.1) is 11.3 Å². The molecule has 7 heteroatoms. The molecule has 2 heterocycles. The molecule has 0 radical (unpaired) electrons. The van der Waals surface area contributed by atoms with Gasteiger partial charge >= 0.3 is 0 Å². The van der Waals surface area contributed by atoms with Crippen LogP contribution in [0.1, 0.15) is 5.56 Å². The lowest BCUT2D eigenvalue weighted by molar-refractivity contribution is -0.121. The average Bonchev–Trinajstić information content (AvgIpc) is 3.01. The van der Waals surface area contributed by atoms with Crippen molar-refractivity contribution >= 4 is 27.5 Å². The summed E-state index contributed by atoms with van der Waals surface area (Å²) in [4.78, 5) is 28.9. The van der Waals surface area contributed by atoms with Crippen LogP contribution in [0.25, 0.3) is 10.2 Å². The molecule has 0 atom stereocenters. The molecule has 0 saturated carbocycles. The highest BCUT2D eigenvalue weighted by atomic mass is 32.1. The number of thiophene rings is 1. The number of hydrogen-bond acceptors (Lipinski definition) is 4. The van der Waals surface area contributed by atoms with Gasteiger partial charge in [-0.3, -0.25) is 14.2 Å². The van der Waals surface area contributed by atoms with Crippen molar-refractivity contribution in [2.45, 2.75) is 13.0 Å². The van der Waals surface area contributed by atoms with Gasteiger partial charge in [0.1, 0.15) is 17.2 Å². The zero-order chi connectivity index (χ0) is 16.2. The lowest BCUT2D eigenvalue weighted by Crippen LogP contribution is -2.33. The summed E-state index contributed by atoms with van der Waals surface area (Å²) in [5.74, 6) is -0.543. The molecule has 2 aromatic heterocycles. The normalized spacial score (nSPS) is 10.8. The zero-order valence-corrected chi connectivity index (χ0v) is 13.0. The highest BCUT2D eigenvalue weighted by molar-refractivity contribution is 7.16. The van der Waals surface area contributed by atoms with Gasteiger partial charge in [0.2, 0.25) is 5.91 Å². The van der Waals surface area contributed by atoms with E-state index in [0.717, 1.165) is 5.56 Å². The summed E-state index contributed by atoms with van der Waals surface area (Å²) in [5, 5.41) is 5.07. The van der Waals surface area contributed by atoms with Crippen LogP contribution in [-0.4, -0.2) is 22.0 Å². The average molecular weight is 331 g/mol. The van der Waals surface area contributed by atoms with Gasteiger partial charge in [0.05, 0.1) is 11.7 Å². The number of benzene rings is 1. The molecule has 5 nitrogen and oxygen atoms in total. The van der Waals surface area contributed by atoms with Gasteiger partial charge in [-0.1, -0.05) is 12.1 Å². The minimum atomic E-state index is -0.284. The van der Waals surface area contributed by atoms with Gasteiger partial charge in [-0.2, -0.15) is 0 Å². The number of rotatable bonds is 5. The summed E-state index contributed by atoms with van der Waals surface area (Å²) < 4.78 is 14.1. The number of fused-ring (bicyclic) bond motifs is 1. The highest BCUT2D eigenvalue weighted by Crippen LogP contribution is 2.13. The molecule has 0 aliphatic heterocycles. The monoisotopic (exact) mass is 331 g/mol. The lowest BCUT2D eigenvalue weighted by atomic mass is 10.1. The summed E-state index contributed by atoms with van der Waals surface area (Å²) in [6.45, 7) is 0.356. The Kier molecular flexibility index (Phi) is 4.47. The Morgan fingerprint density at radius 1 is 1.26 bits per heavy atom. The van der Waals surface area contributed by atoms with Crippen molar-refractivity contribution in [3.63, 3.8) is 0 Å². The second-order valence-corrected chi connectivity index (χ2v) is 5.94. The number of halogens is 1. The summed E-state index contributed by atoms with van der Waals surface area (Å²) in [6.07, 6.45) is 1.99. The minimum Gasteiger partial charge on any atom is -0.354 e. The molecule has 23 heavy (non-hydrogen) atoms. The number of hydrogen-bond donors (Lipinski definition) is 1. The first-order chi connectivity index (χ1) is 11.1. The highest BCUT2D eigenvalue weighted by Gasteiger charge is 2.08. The summed E-state index contributed by atoms with van der Waals surface area (Å²) >= 11 is 1.39. The number of amides is 1. The Labute approximate surface area is 135 Å². The van der Waals surface area contributed by atoms with Crippen LogP contribution in [0, 0.1) is 5.82 Å². The van der Waals surface area contributed by atoms with Crippen molar-refractivity contribution < 1.29 is 9.18 Å². The zero-order valence-electron chi connectivity index (χ0n) is 12.2. The van der Waals surface area contributed by atoms with Gasteiger partial charge in [-0.25, -0.2) is 9.37 Å². The van der Waals surface area contributed by atoms with Gasteiger partial charge in [0.25, 0.3) is 5.56 Å². The van der Waals surface area contributed by atoms with Crippen molar-refractivity contribution in [2.24, 2.45) is 0 Å². The van der Waals surface area contributed by atoms with Gasteiger partial charge < -0.3 is 5.32 Å². The Bertz CT molecular complexity index is 886. The molecule has 0 spiro atoms. The van der Waals surface area contributed by atoms with Crippen molar-refractivity contribution in [1.82, 2.24) is 14.9 Å². The molecule has 0 saturated heterocycles. The minimum absolute atomic E-state index is 0.0684. The largest absolute Gasteiger partial charge is 0.354 e. The maximum absolute atomic E-state index is 12.8. The molecule has 1 N–H and O–H groups in total. The maximum atomic E-state index is 12.8. The second-order valence-electron chi connectivity index (χ2n) is 5.04. The smallest absolute Gasteiger partial charge is 0.262 e. The van der Waals surface area contributed by atoms with E-state index in [0.29, 0.717) is 23.2 Å². The number of carbonyl (C=O) groups excluding carboxylic acids is 1. The molecule has 0 aliphatic rings. The molecule has 3 rings (SSSR count). The fourth-order valence-corrected chi connectivity index (χ4v) is 2.94. The van der Waals surface area contributed by atoms with Gasteiger partial charge in [-0.05, 0) is 35.6 Å². The van der Waals surface area contributed by atoms with Gasteiger partial charge in [0.15, 0.2) is 0 Å². The van der Waals surface area contributed by atoms with Crippen molar-refractivity contribution in [2.75, 3.05) is 6.54 Å². The summed E-state index contributed by atoms with van der Waals surface area (Å²) in [5.41, 5.74) is 0.718. The topological polar surface area (TPSA) is 64.0 Å². The van der Waals surface area contributed by atoms with Crippen LogP contribution < -0.4 is 10.9 Å². The molecule has 0 unspecified atom stereocenters. The first kappa shape index (κ1) is 15.4. The van der Waals surface area contributed by atoms with E-state index >= 15 is 0 Å². The fourth-order valence-electron chi connectivity index (χ4n) is 2.21. The van der Waals surface area contributed by atoms with Crippen molar-refractivity contribution in [3.05, 3.63) is 63.8 Å². The van der Waals surface area contributed by atoms with Gasteiger partial charge in [0, 0.05) is 6.54 Å². The predicted octanol–water partition coefficient (Wildman–Crippen LogP) is 1.96. The number of nitrogens with one attached hydrogen (secondary N) is 1. The lowest BCUT2D eigenvalue weighted by Gasteiger charge is -2.07. The third-order valence-electron chi connectivity index (χ3n) is 3.41. The summed E-state index contributed by atoms with van der Waals surface area (Å²) in [7, 11) is 0. The SMILES string of the molecule is O=C(Cn1cnc2sccc2c1=O)NCCc1ccc(F)cc1. The number of carbonyl (C=O) groups is 1. The van der Waals surface area contributed by atoms with E-state index in [1.54, 1.807) is 23.6 Å². The molecule has 3 aromatic rings. The van der Waals surface area contributed by atoms with Crippen LogP contribution in [-0.2, 0) is 17.8 Å². The molecule has 1 aromatic carbocycles. The van der Waals surface area contributed by atoms with Crippen LogP contribution in [0.3, 0.4) is 0 Å². The molecular formula is C16H14FN3O2S. The molecule has 0 aliphatic carbocycles. The standard InChI is InChI=1S/C16H14FN3O2S/c17-12-3-1-11(2-4-12)5-7-18-14(21)9-20-10-19-15-13(16(20)22)6-8-23-15/h1-4,6,8,10H,5,7,9H2,(H,18,21). The summed E-state index contributed by atoms with van der Waals surface area (Å²) in [6, 6.07) is 7.84. The Morgan fingerprint density at radius 2 is 2.04 bits per heavy atom. The van der Waals surface area contributed by atoms with Crippen LogP contribution in [0.4, 0.5) is 4.39 Å². The van der Waals surface area contributed by atoms with Crippen LogP contribution in [0.2, 0.25) is 0 Å². The molecule has 0 bridgehead atoms. The molecule has 1 amide bonds. The van der Waals surface area contributed by atoms with Crippen LogP contribution >= 0.6 is 11.3 Å². The first-order valence-electron chi connectivity index (χ1n) is 7.07. The molecule has 0 fully saturated rings. The Morgan fingerprint density at radius 3 is 2.83 bits per heavy atom. The Balaban J connectivity index is 1.57. The molecular weight excluding hydrogens is 317 g/mol. The van der Waals surface area contributed by atoms with E-state index in [1.807, 2.05) is 0 Å². The quantitative estimate of drug-likeness (QED) is 0.777. The maximum Gasteiger partial charge on any atom is 0.262 e. The van der Waals surface area contributed by atoms with Crippen molar-refractivity contribution in [3.8, 4) is 0 Å². The first-order valence-corrected chi connectivity index (χ1v) is 7.95. The van der Waals surface area contributed by atoms with E-state index in [9.17, 15) is 14.0 Å². The van der Waals surface area contributed by atoms with E-state index < -0.39 is 0 Å². The van der Waals surface area contributed by atoms with E-state index in [4.69, 9.17) is 0 Å². The third-order valence-corrected chi connectivity index (χ3v) is 4.23. The van der Waals surface area contributed by atoms with Crippen molar-refractivity contribution in [1.29, 1.82) is 0 Å². The molecule has 118 valence electrons. The Hall–Kier alpha value is -2.54. The van der Waals surface area contributed by atoms with E-state index in [-0.39, 0.29) is 23.8 Å². The third kappa shape index (κ3) is 3.62. The van der Waals surface area contributed by atoms with Crippen LogP contribution in [0.15, 0.2) is 46.8 Å². The van der Waals surface area contributed by atoms with E-state index in [2.05, 4.69) is 10.3 Å². The predicted molar refractivity (Wildman–Crippen MR) is 87.0 cm³/mol. The van der Waals surface area contributed by atoms with E-state index in [1.165, 1.54) is 34.4 Å². The second kappa shape index (κ2) is 6.70.